The third-order valence-corrected chi connectivity index (χ3v) is 3.43. The van der Waals surface area contributed by atoms with Gasteiger partial charge in [-0.25, -0.2) is 4.98 Å². The zero-order valence-electron chi connectivity index (χ0n) is 8.24. The Labute approximate surface area is 97.7 Å². The molecule has 0 aliphatic rings. The van der Waals surface area contributed by atoms with Crippen molar-refractivity contribution in [2.45, 2.75) is 17.6 Å². The Kier molecular flexibility index (Phi) is 3.34. The van der Waals surface area contributed by atoms with E-state index < -0.39 is 0 Å². The van der Waals surface area contributed by atoms with Crippen molar-refractivity contribution in [2.24, 2.45) is 0 Å². The van der Waals surface area contributed by atoms with Crippen molar-refractivity contribution < 1.29 is 4.42 Å². The maximum Gasteiger partial charge on any atom is 0.129 e. The average molecular weight is 240 g/mol. The van der Waals surface area contributed by atoms with Gasteiger partial charge < -0.3 is 4.42 Å². The molecule has 0 bridgehead atoms. The lowest BCUT2D eigenvalue weighted by molar-refractivity contribution is 0.527. The van der Waals surface area contributed by atoms with E-state index in [0.29, 0.717) is 5.15 Å². The minimum absolute atomic E-state index is 0.531. The molecule has 0 N–H and O–H groups in total. The van der Waals surface area contributed by atoms with Crippen LogP contribution in [0.25, 0.3) is 0 Å². The number of aromatic nitrogens is 1. The van der Waals surface area contributed by atoms with Gasteiger partial charge in [-0.1, -0.05) is 17.7 Å². The van der Waals surface area contributed by atoms with E-state index in [1.54, 1.807) is 30.3 Å². The summed E-state index contributed by atoms with van der Waals surface area (Å²) in [5.41, 5.74) is 1.16. The van der Waals surface area contributed by atoms with Crippen LogP contribution in [0.3, 0.4) is 0 Å². The first kappa shape index (κ1) is 10.6. The summed E-state index contributed by atoms with van der Waals surface area (Å²) in [5.74, 6) is 1.84. The highest BCUT2D eigenvalue weighted by Gasteiger charge is 2.02. The second-order valence-corrected chi connectivity index (χ2v) is 4.52. The number of hydrogen-bond acceptors (Lipinski definition) is 3. The maximum atomic E-state index is 5.70. The van der Waals surface area contributed by atoms with Crippen molar-refractivity contribution in [1.29, 1.82) is 0 Å². The molecule has 0 aliphatic carbocycles. The molecule has 0 aromatic carbocycles. The van der Waals surface area contributed by atoms with Gasteiger partial charge in [0.25, 0.3) is 0 Å². The van der Waals surface area contributed by atoms with Crippen LogP contribution in [0.5, 0.6) is 0 Å². The molecule has 0 saturated heterocycles. The van der Waals surface area contributed by atoms with Crippen LogP contribution < -0.4 is 0 Å². The third kappa shape index (κ3) is 2.76. The summed E-state index contributed by atoms with van der Waals surface area (Å²) in [6, 6.07) is 5.76. The Balaban J connectivity index is 1.99. The fraction of sp³-hybridized carbons (Fsp3) is 0.182. The Morgan fingerprint density at radius 2 is 2.27 bits per heavy atom. The predicted octanol–water partition coefficient (Wildman–Crippen LogP) is 3.93. The van der Waals surface area contributed by atoms with Crippen LogP contribution >= 0.6 is 23.4 Å². The van der Waals surface area contributed by atoms with Gasteiger partial charge in [-0.05, 0) is 24.6 Å². The highest BCUT2D eigenvalue weighted by Crippen LogP contribution is 2.26. The summed E-state index contributed by atoms with van der Waals surface area (Å²) in [4.78, 5) is 5.20. The van der Waals surface area contributed by atoms with Crippen LogP contribution in [-0.4, -0.2) is 4.98 Å². The topological polar surface area (TPSA) is 26.0 Å². The van der Waals surface area contributed by atoms with Crippen molar-refractivity contribution >= 4 is 23.4 Å². The highest BCUT2D eigenvalue weighted by molar-refractivity contribution is 7.98. The van der Waals surface area contributed by atoms with Gasteiger partial charge >= 0.3 is 0 Å². The van der Waals surface area contributed by atoms with Crippen molar-refractivity contribution in [3.8, 4) is 0 Å². The lowest BCUT2D eigenvalue weighted by Crippen LogP contribution is -1.82. The minimum atomic E-state index is 0.531. The second-order valence-electron chi connectivity index (χ2n) is 3.12. The van der Waals surface area contributed by atoms with Crippen molar-refractivity contribution in [3.05, 3.63) is 47.1 Å². The number of pyridine rings is 1. The molecule has 0 atom stereocenters. The van der Waals surface area contributed by atoms with Crippen molar-refractivity contribution in [1.82, 2.24) is 4.98 Å². The van der Waals surface area contributed by atoms with E-state index in [9.17, 15) is 0 Å². The smallest absolute Gasteiger partial charge is 0.129 e. The molecule has 0 radical (unpaired) electrons. The second kappa shape index (κ2) is 4.73. The summed E-state index contributed by atoms with van der Waals surface area (Å²) in [6.07, 6.45) is 3.50. The van der Waals surface area contributed by atoms with Gasteiger partial charge in [0.15, 0.2) is 0 Å². The Morgan fingerprint density at radius 3 is 2.87 bits per heavy atom. The predicted molar refractivity (Wildman–Crippen MR) is 62.3 cm³/mol. The number of thioether (sulfide) groups is 1. The lowest BCUT2D eigenvalue weighted by Gasteiger charge is -1.99. The average Bonchev–Trinajstić information content (AvgIpc) is 2.63. The van der Waals surface area contributed by atoms with Crippen LogP contribution in [0.1, 0.15) is 11.3 Å². The van der Waals surface area contributed by atoms with Crippen LogP contribution in [0.15, 0.2) is 40.0 Å². The normalized spacial score (nSPS) is 10.5. The van der Waals surface area contributed by atoms with E-state index in [1.807, 2.05) is 19.1 Å². The molecule has 15 heavy (non-hydrogen) atoms. The fourth-order valence-corrected chi connectivity index (χ4v) is 2.18. The number of aryl methyl sites for hydroxylation is 1. The molecule has 78 valence electrons. The third-order valence-electron chi connectivity index (χ3n) is 1.99. The summed E-state index contributed by atoms with van der Waals surface area (Å²) in [5, 5.41) is 0.531. The van der Waals surface area contributed by atoms with Gasteiger partial charge in [-0.15, -0.1) is 11.8 Å². The van der Waals surface area contributed by atoms with Gasteiger partial charge in [-0.2, -0.15) is 0 Å². The highest BCUT2D eigenvalue weighted by atomic mass is 35.5. The van der Waals surface area contributed by atoms with Gasteiger partial charge in [0.05, 0.1) is 6.26 Å². The summed E-state index contributed by atoms with van der Waals surface area (Å²) < 4.78 is 5.21. The van der Waals surface area contributed by atoms with Crippen LogP contribution in [0.2, 0.25) is 5.15 Å². The van der Waals surface area contributed by atoms with Crippen molar-refractivity contribution in [2.75, 3.05) is 0 Å². The quantitative estimate of drug-likeness (QED) is 0.600. The summed E-state index contributed by atoms with van der Waals surface area (Å²) in [7, 11) is 0. The molecule has 2 rings (SSSR count). The van der Waals surface area contributed by atoms with Gasteiger partial charge in [0, 0.05) is 16.8 Å². The van der Waals surface area contributed by atoms with Gasteiger partial charge in [-0.3, -0.25) is 0 Å². The van der Waals surface area contributed by atoms with Crippen LogP contribution in [0, 0.1) is 6.92 Å². The Bertz CT molecular complexity index is 438. The molecule has 0 amide bonds. The summed E-state index contributed by atoms with van der Waals surface area (Å²) in [6.45, 7) is 1.96. The number of halogens is 1. The number of furan rings is 1. The SMILES string of the molecule is Cc1occc1SCc1ccc(Cl)nc1. The molecule has 0 unspecified atom stereocenters. The fourth-order valence-electron chi connectivity index (χ4n) is 1.18. The largest absolute Gasteiger partial charge is 0.468 e. The molecular weight excluding hydrogens is 230 g/mol. The first-order chi connectivity index (χ1) is 7.25. The number of rotatable bonds is 3. The maximum absolute atomic E-state index is 5.70. The first-order valence-corrected chi connectivity index (χ1v) is 5.89. The van der Waals surface area contributed by atoms with Gasteiger partial charge in [0.1, 0.15) is 10.9 Å². The Morgan fingerprint density at radius 1 is 1.40 bits per heavy atom. The van der Waals surface area contributed by atoms with E-state index in [0.717, 1.165) is 17.1 Å². The molecule has 4 heteroatoms. The Hall–Kier alpha value is -0.930. The van der Waals surface area contributed by atoms with Crippen LogP contribution in [0.4, 0.5) is 0 Å². The molecule has 2 nitrogen and oxygen atoms in total. The van der Waals surface area contributed by atoms with Crippen LogP contribution in [-0.2, 0) is 5.75 Å². The summed E-state index contributed by atoms with van der Waals surface area (Å²) >= 11 is 7.44. The molecule has 2 heterocycles. The zero-order valence-corrected chi connectivity index (χ0v) is 9.81. The van der Waals surface area contributed by atoms with Crippen molar-refractivity contribution in [3.63, 3.8) is 0 Å². The molecule has 0 aliphatic heterocycles. The zero-order chi connectivity index (χ0) is 10.7. The molecule has 2 aromatic rings. The number of hydrogen-bond donors (Lipinski definition) is 0. The molecule has 2 aromatic heterocycles. The van der Waals surface area contributed by atoms with E-state index in [-0.39, 0.29) is 0 Å². The lowest BCUT2D eigenvalue weighted by atomic mass is 10.3. The van der Waals surface area contributed by atoms with E-state index in [1.165, 1.54) is 4.90 Å². The van der Waals surface area contributed by atoms with Gasteiger partial charge in [0.2, 0.25) is 0 Å². The minimum Gasteiger partial charge on any atom is -0.468 e. The van der Waals surface area contributed by atoms with E-state index >= 15 is 0 Å². The van der Waals surface area contributed by atoms with E-state index in [2.05, 4.69) is 4.98 Å². The molecule has 0 spiro atoms. The molecular formula is C11H10ClNOS. The monoisotopic (exact) mass is 239 g/mol. The molecule has 0 saturated carbocycles. The standard InChI is InChI=1S/C11H10ClNOS/c1-8-10(4-5-14-8)15-7-9-2-3-11(12)13-6-9/h2-6H,7H2,1H3. The number of nitrogens with zero attached hydrogens (tertiary/aromatic N) is 1. The molecule has 0 fully saturated rings. The first-order valence-electron chi connectivity index (χ1n) is 4.53. The van der Waals surface area contributed by atoms with E-state index in [4.69, 9.17) is 16.0 Å².